The van der Waals surface area contributed by atoms with Crippen molar-refractivity contribution in [1.29, 1.82) is 0 Å². The summed E-state index contributed by atoms with van der Waals surface area (Å²) in [4.78, 5) is 10.2. The number of carbonyl (C=O) groups is 1. The molecule has 0 radical (unpaired) electrons. The Morgan fingerprint density at radius 2 is 1.93 bits per heavy atom. The molecule has 0 aliphatic carbocycles. The number of methoxy groups -OCH3 is 1. The van der Waals surface area contributed by atoms with Crippen LogP contribution >= 0.6 is 0 Å². The molecule has 0 saturated heterocycles. The minimum atomic E-state index is -1.48. The Kier molecular flexibility index (Phi) is 3.52. The molecule has 0 N–H and O–H groups in total. The van der Waals surface area contributed by atoms with Crippen molar-refractivity contribution in [3.8, 4) is 11.5 Å². The zero-order valence-electron chi connectivity index (χ0n) is 9.53. The van der Waals surface area contributed by atoms with E-state index >= 15 is 0 Å². The second-order valence-electron chi connectivity index (χ2n) is 4.33. The largest absolute Gasteiger partial charge is 0.497 e. The molecule has 1 aromatic rings. The first-order valence-electron chi connectivity index (χ1n) is 4.78. The van der Waals surface area contributed by atoms with Crippen molar-refractivity contribution >= 4 is 19.7 Å². The van der Waals surface area contributed by atoms with Crippen molar-refractivity contribution in [2.24, 2.45) is 0 Å². The van der Waals surface area contributed by atoms with Gasteiger partial charge in [0, 0.05) is 0 Å². The maximum Gasteiger partial charge on any atom is 0.298 e. The van der Waals surface area contributed by atoms with Crippen LogP contribution < -0.4 is 14.7 Å². The highest BCUT2D eigenvalue weighted by Crippen LogP contribution is 2.19. The van der Waals surface area contributed by atoms with Gasteiger partial charge in [0.15, 0.2) is 0 Å². The van der Waals surface area contributed by atoms with E-state index in [0.717, 1.165) is 10.9 Å². The van der Waals surface area contributed by atoms with Crippen LogP contribution in [-0.2, 0) is 4.79 Å². The lowest BCUT2D eigenvalue weighted by Gasteiger charge is -2.20. The topological polar surface area (TPSA) is 35.5 Å². The van der Waals surface area contributed by atoms with Crippen molar-refractivity contribution in [1.82, 2.24) is 0 Å². The number of hydrogen-bond donors (Lipinski definition) is 0. The molecule has 0 fully saturated rings. The normalized spacial score (nSPS) is 10.9. The van der Waals surface area contributed by atoms with Crippen LogP contribution in [0.3, 0.4) is 0 Å². The molecule has 0 aromatic heterocycles. The Morgan fingerprint density at radius 3 is 2.40 bits per heavy atom. The van der Waals surface area contributed by atoms with Gasteiger partial charge in [0.05, 0.1) is 15.2 Å². The molecule has 0 unspecified atom stereocenters. The van der Waals surface area contributed by atoms with Crippen molar-refractivity contribution in [2.45, 2.75) is 19.6 Å². The highest BCUT2D eigenvalue weighted by molar-refractivity contribution is 6.89. The van der Waals surface area contributed by atoms with E-state index in [-0.39, 0.29) is 0 Å². The summed E-state index contributed by atoms with van der Waals surface area (Å²) in [5.74, 6) is 1.44. The molecule has 0 aliphatic heterocycles. The summed E-state index contributed by atoms with van der Waals surface area (Å²) in [6.45, 7) is 7.09. The van der Waals surface area contributed by atoms with Crippen LogP contribution in [0, 0.1) is 0 Å². The Hall–Kier alpha value is -1.29. The van der Waals surface area contributed by atoms with Crippen molar-refractivity contribution in [3.05, 3.63) is 18.2 Å². The summed E-state index contributed by atoms with van der Waals surface area (Å²) in [6.07, 6.45) is 0. The zero-order chi connectivity index (χ0) is 11.5. The maximum atomic E-state index is 10.2. The highest BCUT2D eigenvalue weighted by atomic mass is 28.3. The predicted molar refractivity (Wildman–Crippen MR) is 62.7 cm³/mol. The summed E-state index contributed by atoms with van der Waals surface area (Å²) >= 11 is 0. The third-order valence-corrected chi connectivity index (χ3v) is 4.17. The second-order valence-corrected chi connectivity index (χ2v) is 9.36. The van der Waals surface area contributed by atoms with Crippen LogP contribution in [0.25, 0.3) is 0 Å². The van der Waals surface area contributed by atoms with E-state index < -0.39 is 8.07 Å². The van der Waals surface area contributed by atoms with Crippen molar-refractivity contribution in [3.63, 3.8) is 0 Å². The quantitative estimate of drug-likeness (QED) is 0.577. The fourth-order valence-corrected chi connectivity index (χ4v) is 2.90. The van der Waals surface area contributed by atoms with Gasteiger partial charge in [0.25, 0.3) is 6.47 Å². The molecular weight excluding hydrogens is 208 g/mol. The van der Waals surface area contributed by atoms with Crippen molar-refractivity contribution < 1.29 is 14.3 Å². The van der Waals surface area contributed by atoms with E-state index in [1.54, 1.807) is 13.2 Å². The second kappa shape index (κ2) is 4.48. The third-order valence-electron chi connectivity index (χ3n) is 2.16. The van der Waals surface area contributed by atoms with Gasteiger partial charge in [-0.2, -0.15) is 0 Å². The summed E-state index contributed by atoms with van der Waals surface area (Å²) in [7, 11) is 0.172. The summed E-state index contributed by atoms with van der Waals surface area (Å²) in [5.41, 5.74) is 0. The van der Waals surface area contributed by atoms with Crippen LogP contribution in [0.2, 0.25) is 19.6 Å². The number of hydrogen-bond acceptors (Lipinski definition) is 3. The zero-order valence-corrected chi connectivity index (χ0v) is 10.5. The smallest absolute Gasteiger partial charge is 0.298 e. The molecule has 0 heterocycles. The highest BCUT2D eigenvalue weighted by Gasteiger charge is 2.21. The van der Waals surface area contributed by atoms with Gasteiger partial charge >= 0.3 is 0 Å². The average molecular weight is 224 g/mol. The van der Waals surface area contributed by atoms with Gasteiger partial charge in [0.1, 0.15) is 11.5 Å². The Balaban J connectivity index is 3.19. The van der Waals surface area contributed by atoms with Gasteiger partial charge < -0.3 is 9.47 Å². The first-order valence-corrected chi connectivity index (χ1v) is 8.28. The molecule has 0 spiro atoms. The summed E-state index contributed by atoms with van der Waals surface area (Å²) < 4.78 is 10.1. The first-order chi connectivity index (χ1) is 6.99. The molecular formula is C11H16O3Si. The third kappa shape index (κ3) is 2.83. The number of rotatable bonds is 4. The SMILES string of the molecule is COc1ccc(OC=O)cc1[Si](C)(C)C. The lowest BCUT2D eigenvalue weighted by atomic mass is 10.3. The molecule has 1 rings (SSSR count). The molecule has 4 heteroatoms. The van der Waals surface area contributed by atoms with Gasteiger partial charge in [-0.1, -0.05) is 19.6 Å². The van der Waals surface area contributed by atoms with Crippen molar-refractivity contribution in [2.75, 3.05) is 7.11 Å². The number of ether oxygens (including phenoxy) is 2. The van der Waals surface area contributed by atoms with E-state index in [0.29, 0.717) is 12.2 Å². The lowest BCUT2D eigenvalue weighted by molar-refractivity contribution is -0.120. The number of benzene rings is 1. The Bertz CT molecular complexity index is 355. The van der Waals surface area contributed by atoms with Gasteiger partial charge in [-0.05, 0) is 23.4 Å². The fourth-order valence-electron chi connectivity index (χ4n) is 1.40. The minimum Gasteiger partial charge on any atom is -0.497 e. The molecule has 0 amide bonds. The molecule has 0 atom stereocenters. The average Bonchev–Trinajstić information content (AvgIpc) is 2.17. The van der Waals surface area contributed by atoms with E-state index in [1.807, 2.05) is 12.1 Å². The van der Waals surface area contributed by atoms with E-state index in [4.69, 9.17) is 9.47 Å². The molecule has 82 valence electrons. The predicted octanol–water partition coefficient (Wildman–Crippen LogP) is 1.78. The number of carbonyl (C=O) groups excluding carboxylic acids is 1. The van der Waals surface area contributed by atoms with Gasteiger partial charge in [-0.3, -0.25) is 4.79 Å². The van der Waals surface area contributed by atoms with Crippen LogP contribution in [-0.4, -0.2) is 21.7 Å². The maximum absolute atomic E-state index is 10.2. The molecule has 1 aromatic carbocycles. The van der Waals surface area contributed by atoms with Gasteiger partial charge in [0.2, 0.25) is 0 Å². The monoisotopic (exact) mass is 224 g/mol. The molecule has 3 nitrogen and oxygen atoms in total. The molecule has 0 saturated carbocycles. The fraction of sp³-hybridized carbons (Fsp3) is 0.364. The minimum absolute atomic E-state index is 0.440. The molecule has 0 aliphatic rings. The van der Waals surface area contributed by atoms with E-state index in [2.05, 4.69) is 19.6 Å². The van der Waals surface area contributed by atoms with Crippen LogP contribution in [0.15, 0.2) is 18.2 Å². The van der Waals surface area contributed by atoms with Gasteiger partial charge in [-0.15, -0.1) is 0 Å². The standard InChI is InChI=1S/C11H16O3Si/c1-13-10-6-5-9(14-8-12)7-11(10)15(2,3)4/h5-8H,1-4H3. The Labute approximate surface area is 91.0 Å². The van der Waals surface area contributed by atoms with Gasteiger partial charge in [-0.25, -0.2) is 0 Å². The molecule has 0 bridgehead atoms. The Morgan fingerprint density at radius 1 is 1.27 bits per heavy atom. The van der Waals surface area contributed by atoms with Crippen LogP contribution in [0.1, 0.15) is 0 Å². The molecule has 15 heavy (non-hydrogen) atoms. The lowest BCUT2D eigenvalue weighted by Crippen LogP contribution is -2.38. The summed E-state index contributed by atoms with van der Waals surface area (Å²) in [6, 6.07) is 5.46. The first kappa shape index (κ1) is 11.8. The van der Waals surface area contributed by atoms with E-state index in [9.17, 15) is 4.79 Å². The van der Waals surface area contributed by atoms with Crippen LogP contribution in [0.4, 0.5) is 0 Å². The van der Waals surface area contributed by atoms with E-state index in [1.165, 1.54) is 0 Å². The van der Waals surface area contributed by atoms with Crippen LogP contribution in [0.5, 0.6) is 11.5 Å². The summed E-state index contributed by atoms with van der Waals surface area (Å²) in [5, 5.41) is 1.16.